The Morgan fingerprint density at radius 1 is 1.44 bits per heavy atom. The molecule has 4 heteroatoms. The molecular weight excluding hydrogens is 226 g/mol. The Morgan fingerprint density at radius 2 is 2.33 bits per heavy atom. The average Bonchev–Trinajstić information content (AvgIpc) is 2.77. The van der Waals surface area contributed by atoms with E-state index in [1.165, 1.54) is 25.8 Å². The Hall–Kier alpha value is -1.55. The van der Waals surface area contributed by atoms with Gasteiger partial charge in [-0.15, -0.1) is 0 Å². The van der Waals surface area contributed by atoms with Gasteiger partial charge in [-0.2, -0.15) is 0 Å². The summed E-state index contributed by atoms with van der Waals surface area (Å²) in [6, 6.07) is 4.14. The second-order valence-corrected chi connectivity index (χ2v) is 5.16. The summed E-state index contributed by atoms with van der Waals surface area (Å²) in [4.78, 5) is 6.88. The van der Waals surface area contributed by atoms with Crippen molar-refractivity contribution in [2.45, 2.75) is 31.7 Å². The predicted molar refractivity (Wildman–Crippen MR) is 70.8 cm³/mol. The van der Waals surface area contributed by atoms with Gasteiger partial charge in [0.25, 0.3) is 0 Å². The summed E-state index contributed by atoms with van der Waals surface area (Å²) in [6.45, 7) is 1.18. The lowest BCUT2D eigenvalue weighted by molar-refractivity contribution is 0.182. The van der Waals surface area contributed by atoms with Gasteiger partial charge < -0.3 is 14.4 Å². The van der Waals surface area contributed by atoms with E-state index in [0.717, 1.165) is 17.8 Å². The first-order valence-electron chi connectivity index (χ1n) is 6.60. The Bertz CT molecular complexity index is 549. The number of hydrogen-bond donors (Lipinski definition) is 1. The van der Waals surface area contributed by atoms with E-state index in [1.54, 1.807) is 12.3 Å². The first-order valence-corrected chi connectivity index (χ1v) is 6.60. The van der Waals surface area contributed by atoms with E-state index >= 15 is 0 Å². The van der Waals surface area contributed by atoms with Crippen LogP contribution in [0.2, 0.25) is 0 Å². The molecule has 1 fully saturated rings. The van der Waals surface area contributed by atoms with Crippen molar-refractivity contribution in [2.24, 2.45) is 0 Å². The first kappa shape index (κ1) is 11.5. The zero-order chi connectivity index (χ0) is 12.5. The third-order valence-corrected chi connectivity index (χ3v) is 3.96. The number of piperidine rings is 1. The van der Waals surface area contributed by atoms with Crippen LogP contribution in [0.25, 0.3) is 5.52 Å². The highest BCUT2D eigenvalue weighted by Crippen LogP contribution is 2.22. The van der Waals surface area contributed by atoms with Crippen LogP contribution >= 0.6 is 0 Å². The maximum Gasteiger partial charge on any atom is 0.141 e. The second-order valence-electron chi connectivity index (χ2n) is 5.16. The normalized spacial score (nSPS) is 21.5. The Morgan fingerprint density at radius 3 is 3.17 bits per heavy atom. The number of rotatable bonds is 2. The number of fused-ring (bicyclic) bond motifs is 1. The number of likely N-dealkylation sites (N-methyl/N-ethyl adjacent to an activating group) is 1. The minimum Gasteiger partial charge on any atom is -0.506 e. The zero-order valence-corrected chi connectivity index (χ0v) is 10.7. The van der Waals surface area contributed by atoms with Gasteiger partial charge >= 0.3 is 0 Å². The summed E-state index contributed by atoms with van der Waals surface area (Å²) in [7, 11) is 2.19. The molecule has 0 saturated carbocycles. The number of likely N-dealkylation sites (tertiary alicyclic amines) is 1. The van der Waals surface area contributed by atoms with Crippen molar-refractivity contribution in [3.63, 3.8) is 0 Å². The SMILES string of the molecule is CN1CCCCC1Cc1ncc2c(O)cccn12. The van der Waals surface area contributed by atoms with Crippen LogP contribution in [0, 0.1) is 0 Å². The molecule has 2 aromatic heterocycles. The lowest BCUT2D eigenvalue weighted by atomic mass is 10.00. The van der Waals surface area contributed by atoms with E-state index in [1.807, 2.05) is 16.7 Å². The third-order valence-electron chi connectivity index (χ3n) is 3.96. The van der Waals surface area contributed by atoms with E-state index in [-0.39, 0.29) is 0 Å². The fourth-order valence-corrected chi connectivity index (χ4v) is 2.82. The number of aromatic nitrogens is 2. The fraction of sp³-hybridized carbons (Fsp3) is 0.500. The van der Waals surface area contributed by atoms with Crippen LogP contribution in [0.1, 0.15) is 25.1 Å². The molecule has 0 aromatic carbocycles. The van der Waals surface area contributed by atoms with Gasteiger partial charge in [-0.05, 0) is 38.6 Å². The van der Waals surface area contributed by atoms with Crippen LogP contribution in [0.15, 0.2) is 24.5 Å². The molecule has 1 saturated heterocycles. The van der Waals surface area contributed by atoms with Gasteiger partial charge in [-0.3, -0.25) is 0 Å². The molecule has 0 spiro atoms. The van der Waals surface area contributed by atoms with E-state index in [0.29, 0.717) is 11.8 Å². The topological polar surface area (TPSA) is 40.8 Å². The summed E-state index contributed by atoms with van der Waals surface area (Å²) in [5.41, 5.74) is 0.797. The zero-order valence-electron chi connectivity index (χ0n) is 10.7. The number of imidazole rings is 1. The smallest absolute Gasteiger partial charge is 0.141 e. The quantitative estimate of drug-likeness (QED) is 0.880. The van der Waals surface area contributed by atoms with E-state index in [9.17, 15) is 5.11 Å². The van der Waals surface area contributed by atoms with Gasteiger partial charge in [0.1, 0.15) is 17.1 Å². The van der Waals surface area contributed by atoms with Gasteiger partial charge in [-0.1, -0.05) is 6.42 Å². The molecule has 1 aliphatic rings. The van der Waals surface area contributed by atoms with Crippen molar-refractivity contribution >= 4 is 5.52 Å². The van der Waals surface area contributed by atoms with E-state index < -0.39 is 0 Å². The second kappa shape index (κ2) is 4.61. The molecule has 1 aliphatic heterocycles. The molecule has 0 radical (unpaired) electrons. The molecule has 0 aliphatic carbocycles. The van der Waals surface area contributed by atoms with Crippen molar-refractivity contribution < 1.29 is 5.11 Å². The Balaban J connectivity index is 1.88. The number of pyridine rings is 1. The molecule has 18 heavy (non-hydrogen) atoms. The molecule has 1 N–H and O–H groups in total. The molecule has 96 valence electrons. The molecule has 3 heterocycles. The maximum atomic E-state index is 9.77. The van der Waals surface area contributed by atoms with Crippen LogP contribution < -0.4 is 0 Å². The number of nitrogens with zero attached hydrogens (tertiary/aromatic N) is 3. The summed E-state index contributed by atoms with van der Waals surface area (Å²) in [5, 5.41) is 9.77. The maximum absolute atomic E-state index is 9.77. The van der Waals surface area contributed by atoms with Gasteiger partial charge in [0.05, 0.1) is 6.20 Å². The summed E-state index contributed by atoms with van der Waals surface area (Å²) >= 11 is 0. The molecule has 0 amide bonds. The Labute approximate surface area is 107 Å². The van der Waals surface area contributed by atoms with Crippen LogP contribution in [0.3, 0.4) is 0 Å². The molecule has 1 unspecified atom stereocenters. The highest BCUT2D eigenvalue weighted by atomic mass is 16.3. The van der Waals surface area contributed by atoms with Crippen molar-refractivity contribution in [1.29, 1.82) is 0 Å². The highest BCUT2D eigenvalue weighted by molar-refractivity contribution is 5.58. The molecule has 0 bridgehead atoms. The minimum atomic E-state index is 0.299. The van der Waals surface area contributed by atoms with Crippen molar-refractivity contribution in [2.75, 3.05) is 13.6 Å². The number of aromatic hydroxyl groups is 1. The first-order chi connectivity index (χ1) is 8.75. The van der Waals surface area contributed by atoms with Crippen LogP contribution in [0.4, 0.5) is 0 Å². The molecular formula is C14H19N3O. The number of hydrogen-bond acceptors (Lipinski definition) is 3. The monoisotopic (exact) mass is 245 g/mol. The van der Waals surface area contributed by atoms with E-state index in [4.69, 9.17) is 0 Å². The van der Waals surface area contributed by atoms with Gasteiger partial charge in [0, 0.05) is 18.7 Å². The summed E-state index contributed by atoms with van der Waals surface area (Å²) in [5.74, 6) is 1.34. The average molecular weight is 245 g/mol. The van der Waals surface area contributed by atoms with E-state index in [2.05, 4.69) is 16.9 Å². The Kier molecular flexibility index (Phi) is 2.96. The molecule has 3 rings (SSSR count). The highest BCUT2D eigenvalue weighted by Gasteiger charge is 2.21. The summed E-state index contributed by atoms with van der Waals surface area (Å²) in [6.07, 6.45) is 8.53. The molecule has 1 atom stereocenters. The largest absolute Gasteiger partial charge is 0.506 e. The standard InChI is InChI=1S/C14H19N3O/c1-16-7-3-2-5-11(16)9-14-15-10-12-13(18)6-4-8-17(12)14/h4,6,8,10-11,18H,2-3,5,7,9H2,1H3. The predicted octanol–water partition coefficient (Wildman–Crippen LogP) is 2.07. The summed E-state index contributed by atoms with van der Waals surface area (Å²) < 4.78 is 2.00. The van der Waals surface area contributed by atoms with Gasteiger partial charge in [-0.25, -0.2) is 4.98 Å². The van der Waals surface area contributed by atoms with Gasteiger partial charge in [0.15, 0.2) is 0 Å². The molecule has 4 nitrogen and oxygen atoms in total. The lowest BCUT2D eigenvalue weighted by Gasteiger charge is -2.32. The minimum absolute atomic E-state index is 0.299. The van der Waals surface area contributed by atoms with Crippen LogP contribution in [0.5, 0.6) is 5.75 Å². The fourth-order valence-electron chi connectivity index (χ4n) is 2.82. The van der Waals surface area contributed by atoms with Crippen LogP contribution in [-0.2, 0) is 6.42 Å². The molecule has 2 aromatic rings. The van der Waals surface area contributed by atoms with Gasteiger partial charge in [0.2, 0.25) is 0 Å². The van der Waals surface area contributed by atoms with Crippen molar-refractivity contribution in [1.82, 2.24) is 14.3 Å². The van der Waals surface area contributed by atoms with Crippen molar-refractivity contribution in [3.05, 3.63) is 30.4 Å². The third kappa shape index (κ3) is 1.97. The van der Waals surface area contributed by atoms with Crippen LogP contribution in [-0.4, -0.2) is 39.0 Å². The lowest BCUT2D eigenvalue weighted by Crippen LogP contribution is -2.38. The van der Waals surface area contributed by atoms with Crippen molar-refractivity contribution in [3.8, 4) is 5.75 Å².